The van der Waals surface area contributed by atoms with Crippen LogP contribution in [0.1, 0.15) is 13.7 Å². The molecule has 5 heteroatoms. The third-order valence-electron chi connectivity index (χ3n) is 8.70. The molecule has 0 N–H and O–H groups in total. The van der Waals surface area contributed by atoms with Crippen molar-refractivity contribution in [3.8, 4) is 56.4 Å². The average molecular weight is 652 g/mol. The van der Waals surface area contributed by atoms with Gasteiger partial charge in [-0.2, -0.15) is 0 Å². The van der Waals surface area contributed by atoms with Crippen molar-refractivity contribution in [3.05, 3.63) is 164 Å². The van der Waals surface area contributed by atoms with Gasteiger partial charge in [0.15, 0.2) is 17.5 Å². The first-order valence-corrected chi connectivity index (χ1v) is 15.8. The Morgan fingerprint density at radius 2 is 1.06 bits per heavy atom. The van der Waals surface area contributed by atoms with Gasteiger partial charge in [-0.25, -0.2) is 15.0 Å². The maximum Gasteiger partial charge on any atom is 0.164 e. The lowest BCUT2D eigenvalue weighted by atomic mass is 9.95. The van der Waals surface area contributed by atoms with Gasteiger partial charge in [-0.05, 0) is 59.2 Å². The Hall–Kier alpha value is -6.85. The van der Waals surface area contributed by atoms with Gasteiger partial charge in [0.2, 0.25) is 0 Å². The molecule has 0 spiro atoms. The van der Waals surface area contributed by atoms with Crippen molar-refractivity contribution in [2.75, 3.05) is 0 Å². The number of nitrogens with zero attached hydrogens (tertiary/aromatic N) is 3. The number of benzene rings is 7. The molecule has 0 bridgehead atoms. The highest BCUT2D eigenvalue weighted by Gasteiger charge is 2.21. The standard InChI is InChI=1S/C45H27N3O2/c1-4-13-28(14-5-1)32-26-35(29-15-6-2-7-16-29)42-37(27-32)41-34(20-12-22-40(41)50-42)45-47-43(30-17-8-3-9-18-30)46-44(48-45)31-23-24-39-36(25-31)33-19-10-11-21-38(33)49-39/h1-27H/i1D,2D,4D,5D,6D,7D,13D,14D,15D,16D. The third kappa shape index (κ3) is 4.67. The van der Waals surface area contributed by atoms with Crippen LogP contribution in [-0.4, -0.2) is 15.0 Å². The van der Waals surface area contributed by atoms with E-state index in [1.165, 1.54) is 6.07 Å². The van der Waals surface area contributed by atoms with Crippen molar-refractivity contribution in [2.45, 2.75) is 0 Å². The summed E-state index contributed by atoms with van der Waals surface area (Å²) in [5.41, 5.74) is 3.73. The van der Waals surface area contributed by atoms with E-state index in [1.807, 2.05) is 72.8 Å². The molecule has 10 rings (SSSR count). The van der Waals surface area contributed by atoms with Crippen molar-refractivity contribution in [1.82, 2.24) is 15.0 Å². The van der Waals surface area contributed by atoms with Crippen molar-refractivity contribution in [1.29, 1.82) is 0 Å². The molecule has 50 heavy (non-hydrogen) atoms. The van der Waals surface area contributed by atoms with Gasteiger partial charge in [0.25, 0.3) is 0 Å². The third-order valence-corrected chi connectivity index (χ3v) is 8.70. The average Bonchev–Trinajstić information content (AvgIpc) is 3.85. The number of para-hydroxylation sites is 1. The lowest BCUT2D eigenvalue weighted by Crippen LogP contribution is -2.00. The highest BCUT2D eigenvalue weighted by molar-refractivity contribution is 6.16. The van der Waals surface area contributed by atoms with Gasteiger partial charge in [0.05, 0.1) is 13.7 Å². The maximum absolute atomic E-state index is 8.90. The molecule has 0 radical (unpaired) electrons. The molecule has 5 nitrogen and oxygen atoms in total. The predicted octanol–water partition coefficient (Wildman–Crippen LogP) is 12.0. The van der Waals surface area contributed by atoms with E-state index in [0.717, 1.165) is 21.9 Å². The van der Waals surface area contributed by atoms with E-state index < -0.39 is 60.4 Å². The van der Waals surface area contributed by atoms with E-state index in [-0.39, 0.29) is 33.7 Å². The second-order valence-electron chi connectivity index (χ2n) is 11.7. The fourth-order valence-electron chi connectivity index (χ4n) is 6.43. The first-order valence-electron chi connectivity index (χ1n) is 20.8. The Bertz CT molecular complexity index is 3400. The van der Waals surface area contributed by atoms with Gasteiger partial charge in [-0.3, -0.25) is 0 Å². The van der Waals surface area contributed by atoms with Crippen molar-refractivity contribution < 1.29 is 22.5 Å². The summed E-state index contributed by atoms with van der Waals surface area (Å²) in [6.45, 7) is 0. The van der Waals surface area contributed by atoms with Gasteiger partial charge in [-0.15, -0.1) is 0 Å². The van der Waals surface area contributed by atoms with Crippen LogP contribution in [0.4, 0.5) is 0 Å². The lowest BCUT2D eigenvalue weighted by Gasteiger charge is -2.10. The van der Waals surface area contributed by atoms with Crippen LogP contribution >= 0.6 is 0 Å². The number of fused-ring (bicyclic) bond motifs is 6. The predicted molar refractivity (Wildman–Crippen MR) is 202 cm³/mol. The van der Waals surface area contributed by atoms with E-state index in [9.17, 15) is 0 Å². The molecule has 0 aliphatic carbocycles. The van der Waals surface area contributed by atoms with E-state index >= 15 is 0 Å². The van der Waals surface area contributed by atoms with Crippen LogP contribution in [0.2, 0.25) is 0 Å². The maximum atomic E-state index is 8.90. The molecule has 0 saturated heterocycles. The van der Waals surface area contributed by atoms with Gasteiger partial charge < -0.3 is 8.83 Å². The zero-order valence-corrected chi connectivity index (χ0v) is 26.0. The Kier molecular flexibility index (Phi) is 4.52. The summed E-state index contributed by atoms with van der Waals surface area (Å²) < 4.78 is 98.4. The summed E-state index contributed by atoms with van der Waals surface area (Å²) in [5.74, 6) is 1.02. The fourth-order valence-corrected chi connectivity index (χ4v) is 6.43. The van der Waals surface area contributed by atoms with Gasteiger partial charge in [-0.1, -0.05) is 121 Å². The molecule has 234 valence electrons. The minimum Gasteiger partial charge on any atom is -0.456 e. The van der Waals surface area contributed by atoms with Crippen molar-refractivity contribution in [3.63, 3.8) is 0 Å². The number of furan rings is 2. The van der Waals surface area contributed by atoms with Crippen LogP contribution in [0.5, 0.6) is 0 Å². The van der Waals surface area contributed by atoms with Crippen molar-refractivity contribution >= 4 is 43.9 Å². The van der Waals surface area contributed by atoms with Crippen LogP contribution in [0.25, 0.3) is 100 Å². The van der Waals surface area contributed by atoms with E-state index in [2.05, 4.69) is 0 Å². The van der Waals surface area contributed by atoms with Gasteiger partial charge in [0.1, 0.15) is 22.3 Å². The molecule has 3 aromatic heterocycles. The lowest BCUT2D eigenvalue weighted by molar-refractivity contribution is 0.669. The summed E-state index contributed by atoms with van der Waals surface area (Å²) in [6.07, 6.45) is 0. The molecular formula is C45H27N3O2. The van der Waals surface area contributed by atoms with E-state index in [4.69, 9.17) is 37.5 Å². The summed E-state index contributed by atoms with van der Waals surface area (Å²) in [7, 11) is 0. The molecule has 0 amide bonds. The molecule has 0 saturated carbocycles. The normalized spacial score (nSPS) is 14.4. The van der Waals surface area contributed by atoms with Gasteiger partial charge in [0, 0.05) is 43.8 Å². The molecule has 0 aliphatic heterocycles. The van der Waals surface area contributed by atoms with Crippen molar-refractivity contribution in [2.24, 2.45) is 0 Å². The molecule has 0 atom stereocenters. The largest absolute Gasteiger partial charge is 0.456 e. The van der Waals surface area contributed by atoms with Gasteiger partial charge >= 0.3 is 0 Å². The molecule has 10 aromatic rings. The minimum atomic E-state index is -0.585. The summed E-state index contributed by atoms with van der Waals surface area (Å²) in [6, 6.07) is 25.9. The number of hydrogen-bond donors (Lipinski definition) is 0. The zero-order valence-electron chi connectivity index (χ0n) is 36.0. The minimum absolute atomic E-state index is 0.0652. The van der Waals surface area contributed by atoms with Crippen LogP contribution in [0.3, 0.4) is 0 Å². The Morgan fingerprint density at radius 3 is 1.88 bits per heavy atom. The van der Waals surface area contributed by atoms with Crippen LogP contribution in [0, 0.1) is 0 Å². The molecule has 3 heterocycles. The Morgan fingerprint density at radius 1 is 0.400 bits per heavy atom. The fraction of sp³-hybridized carbons (Fsp3) is 0. The SMILES string of the molecule is [2H]c1c([2H])c([2H])c(-c2cc(-c3c([2H])c([2H])c([2H])c([2H])c3[2H])c3oc4cccc(-c5nc(-c6ccccc6)nc(-c6ccc7oc8ccccc8c7c6)n5)c4c3c2)c([2H])c1[2H]. The number of aromatic nitrogens is 3. The van der Waals surface area contributed by atoms with Crippen LogP contribution in [0.15, 0.2) is 172 Å². The number of rotatable bonds is 5. The first kappa shape index (κ1) is 19.8. The van der Waals surface area contributed by atoms with E-state index in [1.54, 1.807) is 24.3 Å². The second kappa shape index (κ2) is 11.4. The first-order chi connectivity index (χ1) is 28.9. The summed E-state index contributed by atoms with van der Waals surface area (Å²) in [5, 5.41) is 2.66. The molecule has 0 unspecified atom stereocenters. The smallest absolute Gasteiger partial charge is 0.164 e. The monoisotopic (exact) mass is 651 g/mol. The van der Waals surface area contributed by atoms with E-state index in [0.29, 0.717) is 44.7 Å². The van der Waals surface area contributed by atoms with Crippen LogP contribution < -0.4 is 0 Å². The molecule has 7 aromatic carbocycles. The molecule has 0 aliphatic rings. The zero-order chi connectivity index (χ0) is 41.7. The Balaban J connectivity index is 1.30. The second-order valence-corrected chi connectivity index (χ2v) is 11.7. The highest BCUT2D eigenvalue weighted by atomic mass is 16.3. The summed E-state index contributed by atoms with van der Waals surface area (Å²) >= 11 is 0. The number of hydrogen-bond acceptors (Lipinski definition) is 5. The van der Waals surface area contributed by atoms with Crippen LogP contribution in [-0.2, 0) is 0 Å². The topological polar surface area (TPSA) is 65.0 Å². The quantitative estimate of drug-likeness (QED) is 0.185. The summed E-state index contributed by atoms with van der Waals surface area (Å²) in [4.78, 5) is 14.9. The Labute approximate surface area is 301 Å². The highest BCUT2D eigenvalue weighted by Crippen LogP contribution is 2.43. The molecule has 0 fully saturated rings. The molecular weight excluding hydrogens is 615 g/mol.